The lowest BCUT2D eigenvalue weighted by Gasteiger charge is -2.16. The van der Waals surface area contributed by atoms with Gasteiger partial charge in [0, 0.05) is 25.9 Å². The molecule has 1 heterocycles. The number of carbonyl (C=O) groups excluding carboxylic acids is 2. The van der Waals surface area contributed by atoms with Crippen molar-refractivity contribution in [2.45, 2.75) is 26.2 Å². The molecule has 1 rings (SSSR count). The number of hydrogen-bond acceptors (Lipinski definition) is 6. The van der Waals surface area contributed by atoms with Crippen molar-refractivity contribution < 1.29 is 19.1 Å². The minimum atomic E-state index is -1.11. The van der Waals surface area contributed by atoms with E-state index in [0.29, 0.717) is 0 Å². The zero-order valence-electron chi connectivity index (χ0n) is 13.1. The van der Waals surface area contributed by atoms with Gasteiger partial charge in [-0.25, -0.2) is 4.79 Å². The molecule has 8 nitrogen and oxygen atoms in total. The van der Waals surface area contributed by atoms with Crippen molar-refractivity contribution in [3.05, 3.63) is 32.6 Å². The summed E-state index contributed by atoms with van der Waals surface area (Å²) in [5.74, 6) is -2.42. The average molecular weight is 312 g/mol. The molecule has 1 aromatic rings. The molecule has 0 unspecified atom stereocenters. The molecule has 0 spiro atoms. The molecule has 122 valence electrons. The predicted octanol–water partition coefficient (Wildman–Crippen LogP) is -0.316. The molecule has 1 atom stereocenters. The highest BCUT2D eigenvalue weighted by atomic mass is 16.5. The second-order valence-electron chi connectivity index (χ2n) is 4.66. The highest BCUT2D eigenvalue weighted by molar-refractivity contribution is 5.84. The summed E-state index contributed by atoms with van der Waals surface area (Å²) in [6, 6.07) is 0. The molecular formula is C14H20N2O6. The molecular weight excluding hydrogens is 292 g/mol. The van der Waals surface area contributed by atoms with Gasteiger partial charge in [-0.05, 0) is 13.8 Å². The van der Waals surface area contributed by atoms with E-state index in [9.17, 15) is 19.2 Å². The summed E-state index contributed by atoms with van der Waals surface area (Å²) < 4.78 is 11.8. The zero-order valence-corrected chi connectivity index (χ0v) is 13.1. The van der Waals surface area contributed by atoms with Gasteiger partial charge in [-0.3, -0.25) is 19.0 Å². The maximum Gasteiger partial charge on any atom is 0.330 e. The van der Waals surface area contributed by atoms with Gasteiger partial charge in [0.15, 0.2) is 0 Å². The normalized spacial score (nSPS) is 11.8. The summed E-state index contributed by atoms with van der Waals surface area (Å²) in [6.45, 7) is 3.55. The number of esters is 2. The van der Waals surface area contributed by atoms with Crippen LogP contribution in [0.5, 0.6) is 0 Å². The molecule has 0 saturated heterocycles. The lowest BCUT2D eigenvalue weighted by Crippen LogP contribution is -2.40. The second-order valence-corrected chi connectivity index (χ2v) is 4.66. The number of aromatic nitrogens is 2. The first-order valence-electron chi connectivity index (χ1n) is 6.92. The van der Waals surface area contributed by atoms with Crippen molar-refractivity contribution in [2.24, 2.45) is 14.1 Å². The van der Waals surface area contributed by atoms with Crippen LogP contribution in [-0.4, -0.2) is 34.3 Å². The van der Waals surface area contributed by atoms with Gasteiger partial charge in [0.05, 0.1) is 25.6 Å². The fraction of sp³-hybridized carbons (Fsp3) is 0.571. The summed E-state index contributed by atoms with van der Waals surface area (Å²) in [7, 11) is 2.76. The Labute approximate surface area is 127 Å². The Morgan fingerprint density at radius 3 is 2.27 bits per heavy atom. The van der Waals surface area contributed by atoms with Gasteiger partial charge >= 0.3 is 17.6 Å². The largest absolute Gasteiger partial charge is 0.466 e. The van der Waals surface area contributed by atoms with E-state index in [1.807, 2.05) is 0 Å². The van der Waals surface area contributed by atoms with E-state index in [-0.39, 0.29) is 25.2 Å². The van der Waals surface area contributed by atoms with Gasteiger partial charge in [0.25, 0.3) is 5.56 Å². The number of nitrogens with zero attached hydrogens (tertiary/aromatic N) is 2. The highest BCUT2D eigenvalue weighted by Gasteiger charge is 2.29. The van der Waals surface area contributed by atoms with Crippen LogP contribution in [0.25, 0.3) is 0 Å². The fourth-order valence-corrected chi connectivity index (χ4v) is 2.02. The first-order chi connectivity index (χ1) is 10.3. The van der Waals surface area contributed by atoms with Crippen LogP contribution in [0, 0.1) is 0 Å². The summed E-state index contributed by atoms with van der Waals surface area (Å²) >= 11 is 0. The molecule has 0 aliphatic rings. The van der Waals surface area contributed by atoms with Gasteiger partial charge in [0.1, 0.15) is 0 Å². The molecule has 0 saturated carbocycles. The number of aryl methyl sites for hydroxylation is 1. The van der Waals surface area contributed by atoms with Crippen LogP contribution in [0.1, 0.15) is 31.7 Å². The molecule has 0 radical (unpaired) electrons. The van der Waals surface area contributed by atoms with Crippen LogP contribution in [-0.2, 0) is 33.2 Å². The van der Waals surface area contributed by atoms with E-state index in [1.54, 1.807) is 13.8 Å². The topological polar surface area (TPSA) is 96.6 Å². The van der Waals surface area contributed by atoms with Crippen molar-refractivity contribution in [2.75, 3.05) is 13.2 Å². The molecule has 0 N–H and O–H groups in total. The Bertz CT molecular complexity index is 673. The molecule has 22 heavy (non-hydrogen) atoms. The molecule has 0 aromatic carbocycles. The summed E-state index contributed by atoms with van der Waals surface area (Å²) in [6.07, 6.45) is 0.936. The van der Waals surface area contributed by atoms with Gasteiger partial charge < -0.3 is 14.0 Å². The summed E-state index contributed by atoms with van der Waals surface area (Å²) in [4.78, 5) is 47.7. The molecule has 1 aromatic heterocycles. The summed E-state index contributed by atoms with van der Waals surface area (Å²) in [5, 5.41) is 0. The third-order valence-electron chi connectivity index (χ3n) is 3.10. The maximum absolute atomic E-state index is 12.2. The average Bonchev–Trinajstić information content (AvgIpc) is 2.47. The Morgan fingerprint density at radius 1 is 1.14 bits per heavy atom. The van der Waals surface area contributed by atoms with Crippen molar-refractivity contribution in [1.29, 1.82) is 0 Å². The standard InChI is InChI=1S/C14H20N2O6/c1-5-21-11(17)7-9(13(19)22-6-2)10-8-15(3)14(20)16(4)12(10)18/h8-9H,5-7H2,1-4H3/t9-/m1/s1. The van der Waals surface area contributed by atoms with E-state index >= 15 is 0 Å². The van der Waals surface area contributed by atoms with Crippen LogP contribution in [0.2, 0.25) is 0 Å². The first-order valence-corrected chi connectivity index (χ1v) is 6.92. The van der Waals surface area contributed by atoms with Crippen LogP contribution < -0.4 is 11.2 Å². The second kappa shape index (κ2) is 7.58. The SMILES string of the molecule is CCOC(=O)C[C@@H](C(=O)OCC)c1cn(C)c(=O)n(C)c1=O. The zero-order chi connectivity index (χ0) is 16.9. The Hall–Kier alpha value is -2.38. The molecule has 0 aliphatic carbocycles. The molecule has 0 fully saturated rings. The molecule has 0 bridgehead atoms. The minimum Gasteiger partial charge on any atom is -0.466 e. The quantitative estimate of drug-likeness (QED) is 0.668. The lowest BCUT2D eigenvalue weighted by atomic mass is 9.98. The number of rotatable bonds is 6. The van der Waals surface area contributed by atoms with E-state index in [2.05, 4.69) is 0 Å². The van der Waals surface area contributed by atoms with E-state index in [1.165, 1.54) is 24.9 Å². The minimum absolute atomic E-state index is 0.0242. The van der Waals surface area contributed by atoms with Crippen molar-refractivity contribution in [1.82, 2.24) is 9.13 Å². The van der Waals surface area contributed by atoms with Gasteiger partial charge in [-0.1, -0.05) is 0 Å². The summed E-state index contributed by atoms with van der Waals surface area (Å²) in [5.41, 5.74) is -1.13. The number of carbonyl (C=O) groups is 2. The van der Waals surface area contributed by atoms with E-state index in [0.717, 1.165) is 4.57 Å². The van der Waals surface area contributed by atoms with E-state index in [4.69, 9.17) is 9.47 Å². The number of ether oxygens (including phenoxy) is 2. The van der Waals surface area contributed by atoms with Crippen molar-refractivity contribution in [3.8, 4) is 0 Å². The van der Waals surface area contributed by atoms with Crippen molar-refractivity contribution >= 4 is 11.9 Å². The molecule has 0 amide bonds. The highest BCUT2D eigenvalue weighted by Crippen LogP contribution is 2.18. The van der Waals surface area contributed by atoms with Crippen LogP contribution in [0.15, 0.2) is 15.8 Å². The van der Waals surface area contributed by atoms with E-state index < -0.39 is 29.1 Å². The van der Waals surface area contributed by atoms with Gasteiger partial charge in [-0.15, -0.1) is 0 Å². The van der Waals surface area contributed by atoms with Crippen LogP contribution in [0.4, 0.5) is 0 Å². The van der Waals surface area contributed by atoms with Crippen LogP contribution >= 0.6 is 0 Å². The Kier molecular flexibility index (Phi) is 6.09. The number of hydrogen-bond donors (Lipinski definition) is 0. The fourth-order valence-electron chi connectivity index (χ4n) is 2.02. The smallest absolute Gasteiger partial charge is 0.330 e. The van der Waals surface area contributed by atoms with Crippen molar-refractivity contribution in [3.63, 3.8) is 0 Å². The first kappa shape index (κ1) is 17.7. The van der Waals surface area contributed by atoms with Gasteiger partial charge in [-0.2, -0.15) is 0 Å². The monoisotopic (exact) mass is 312 g/mol. The Balaban J connectivity index is 3.33. The predicted molar refractivity (Wildman–Crippen MR) is 77.5 cm³/mol. The maximum atomic E-state index is 12.2. The third kappa shape index (κ3) is 3.84. The Morgan fingerprint density at radius 2 is 1.73 bits per heavy atom. The molecule has 0 aliphatic heterocycles. The van der Waals surface area contributed by atoms with Crippen LogP contribution in [0.3, 0.4) is 0 Å². The van der Waals surface area contributed by atoms with Gasteiger partial charge in [0.2, 0.25) is 0 Å². The third-order valence-corrected chi connectivity index (χ3v) is 3.10. The molecule has 8 heteroatoms. The lowest BCUT2D eigenvalue weighted by molar-refractivity contribution is -0.151.